The summed E-state index contributed by atoms with van der Waals surface area (Å²) in [4.78, 5) is 23.9. The van der Waals surface area contributed by atoms with Crippen LogP contribution in [-0.4, -0.2) is 38.9 Å². The molecule has 0 fully saturated rings. The minimum Gasteiger partial charge on any atom is -0.494 e. The first-order chi connectivity index (χ1) is 15.0. The summed E-state index contributed by atoms with van der Waals surface area (Å²) in [6.45, 7) is 3.96. The molecule has 0 aromatic heterocycles. The number of hydrogen-bond donors (Lipinski definition) is 0. The number of esters is 2. The molecule has 0 spiro atoms. The predicted octanol–water partition coefficient (Wildman–Crippen LogP) is 3.55. The number of carbonyl (C=O) groups excluding carboxylic acids is 2. The maximum Gasteiger partial charge on any atom is 0.349 e. The lowest BCUT2D eigenvalue weighted by Gasteiger charge is -2.11. The largest absolute Gasteiger partial charge is 0.494 e. The summed E-state index contributed by atoms with van der Waals surface area (Å²) in [5.74, 6) is 0.291. The number of methoxy groups -OCH3 is 1. The second kappa shape index (κ2) is 11.9. The summed E-state index contributed by atoms with van der Waals surface area (Å²) in [5, 5.41) is 9.14. The lowest BCUT2D eigenvalue weighted by atomic mass is 10.1. The molecule has 2 aromatic rings. The van der Waals surface area contributed by atoms with E-state index in [1.165, 1.54) is 25.3 Å². The van der Waals surface area contributed by atoms with Crippen molar-refractivity contribution in [1.29, 1.82) is 5.26 Å². The first-order valence-corrected chi connectivity index (χ1v) is 9.54. The molecule has 162 valence electrons. The fourth-order valence-corrected chi connectivity index (χ4v) is 2.46. The van der Waals surface area contributed by atoms with Gasteiger partial charge in [-0.3, -0.25) is 0 Å². The van der Waals surface area contributed by atoms with Crippen LogP contribution in [0.3, 0.4) is 0 Å². The summed E-state index contributed by atoms with van der Waals surface area (Å²) < 4.78 is 26.1. The average Bonchev–Trinajstić information content (AvgIpc) is 2.78. The van der Waals surface area contributed by atoms with Crippen molar-refractivity contribution in [2.75, 3.05) is 26.9 Å². The number of nitrogens with zero attached hydrogens (tertiary/aromatic N) is 1. The molecule has 0 aliphatic heterocycles. The number of hydrogen-bond acceptors (Lipinski definition) is 8. The molecular weight excluding hydrogens is 402 g/mol. The molecule has 31 heavy (non-hydrogen) atoms. The van der Waals surface area contributed by atoms with Crippen LogP contribution in [0.2, 0.25) is 0 Å². The molecule has 0 amide bonds. The van der Waals surface area contributed by atoms with Crippen molar-refractivity contribution in [3.8, 4) is 29.1 Å². The van der Waals surface area contributed by atoms with Crippen molar-refractivity contribution in [3.05, 3.63) is 53.6 Å². The van der Waals surface area contributed by atoms with Gasteiger partial charge in [-0.05, 0) is 61.9 Å². The van der Waals surface area contributed by atoms with Gasteiger partial charge in [0, 0.05) is 0 Å². The van der Waals surface area contributed by atoms with Crippen LogP contribution in [0.5, 0.6) is 23.0 Å². The van der Waals surface area contributed by atoms with Gasteiger partial charge in [0.2, 0.25) is 0 Å². The van der Waals surface area contributed by atoms with E-state index in [0.717, 1.165) is 0 Å². The zero-order valence-corrected chi connectivity index (χ0v) is 17.5. The van der Waals surface area contributed by atoms with Gasteiger partial charge in [0.1, 0.15) is 23.1 Å². The van der Waals surface area contributed by atoms with Gasteiger partial charge < -0.3 is 23.7 Å². The van der Waals surface area contributed by atoms with Gasteiger partial charge in [0.05, 0.1) is 20.3 Å². The molecule has 0 atom stereocenters. The van der Waals surface area contributed by atoms with E-state index in [9.17, 15) is 9.59 Å². The standard InChI is InChI=1S/C23H23NO7/c1-4-28-18-7-9-19(10-8-18)30-15-22(25)31-20-11-6-16(13-21(20)27-3)12-17(14-24)23(26)29-5-2/h6-13H,4-5,15H2,1-3H3/b17-12+. The third kappa shape index (κ3) is 7.08. The van der Waals surface area contributed by atoms with Crippen molar-refractivity contribution >= 4 is 18.0 Å². The van der Waals surface area contributed by atoms with Crippen LogP contribution in [0.1, 0.15) is 19.4 Å². The first kappa shape index (κ1) is 23.3. The molecule has 8 nitrogen and oxygen atoms in total. The van der Waals surface area contributed by atoms with Gasteiger partial charge in [0.15, 0.2) is 18.1 Å². The van der Waals surface area contributed by atoms with Gasteiger partial charge in [-0.1, -0.05) is 6.07 Å². The predicted molar refractivity (Wildman–Crippen MR) is 112 cm³/mol. The Kier molecular flexibility index (Phi) is 8.92. The summed E-state index contributed by atoms with van der Waals surface area (Å²) in [7, 11) is 1.41. The third-order valence-corrected chi connectivity index (χ3v) is 3.83. The minimum absolute atomic E-state index is 0.155. The van der Waals surface area contributed by atoms with E-state index >= 15 is 0 Å². The van der Waals surface area contributed by atoms with E-state index in [4.69, 9.17) is 28.9 Å². The van der Waals surface area contributed by atoms with Crippen LogP contribution in [-0.2, 0) is 14.3 Å². The average molecular weight is 425 g/mol. The molecule has 0 heterocycles. The molecule has 0 unspecified atom stereocenters. The molecule has 0 bridgehead atoms. The van der Waals surface area contributed by atoms with Crippen molar-refractivity contribution in [1.82, 2.24) is 0 Å². The fraction of sp³-hybridized carbons (Fsp3) is 0.261. The van der Waals surface area contributed by atoms with E-state index in [1.807, 2.05) is 6.92 Å². The monoisotopic (exact) mass is 425 g/mol. The van der Waals surface area contributed by atoms with Gasteiger partial charge in [-0.15, -0.1) is 0 Å². The number of nitriles is 1. The molecule has 0 saturated carbocycles. The second-order valence-corrected chi connectivity index (χ2v) is 5.97. The maximum absolute atomic E-state index is 12.1. The topological polar surface area (TPSA) is 104 Å². The molecule has 0 aliphatic carbocycles. The molecule has 0 aliphatic rings. The van der Waals surface area contributed by atoms with Crippen LogP contribution < -0.4 is 18.9 Å². The van der Waals surface area contributed by atoms with Crippen LogP contribution in [0.25, 0.3) is 6.08 Å². The SMILES string of the molecule is CCOC(=O)/C(C#N)=C/c1ccc(OC(=O)COc2ccc(OCC)cc2)c(OC)c1. The Bertz CT molecular complexity index is 974. The third-order valence-electron chi connectivity index (χ3n) is 3.83. The Morgan fingerprint density at radius 3 is 2.23 bits per heavy atom. The molecule has 0 saturated heterocycles. The number of rotatable bonds is 10. The zero-order valence-electron chi connectivity index (χ0n) is 17.5. The van der Waals surface area contributed by atoms with E-state index < -0.39 is 11.9 Å². The zero-order chi connectivity index (χ0) is 22.6. The molecular formula is C23H23NO7. The van der Waals surface area contributed by atoms with Crippen molar-refractivity contribution in [2.24, 2.45) is 0 Å². The van der Waals surface area contributed by atoms with Crippen LogP contribution in [0, 0.1) is 11.3 Å². The Morgan fingerprint density at radius 1 is 0.968 bits per heavy atom. The molecule has 0 radical (unpaired) electrons. The Hall–Kier alpha value is -3.99. The Balaban J connectivity index is 2.03. The highest BCUT2D eigenvalue weighted by Gasteiger charge is 2.14. The number of ether oxygens (including phenoxy) is 5. The molecule has 0 N–H and O–H groups in total. The fourth-order valence-electron chi connectivity index (χ4n) is 2.46. The normalized spacial score (nSPS) is 10.6. The van der Waals surface area contributed by atoms with Crippen molar-refractivity contribution in [3.63, 3.8) is 0 Å². The van der Waals surface area contributed by atoms with Crippen molar-refractivity contribution < 1.29 is 33.3 Å². The lowest BCUT2D eigenvalue weighted by Crippen LogP contribution is -2.18. The van der Waals surface area contributed by atoms with Gasteiger partial charge in [-0.2, -0.15) is 5.26 Å². The maximum atomic E-state index is 12.1. The quantitative estimate of drug-likeness (QED) is 0.246. The number of carbonyl (C=O) groups is 2. The number of benzene rings is 2. The van der Waals surface area contributed by atoms with Crippen LogP contribution in [0.15, 0.2) is 48.0 Å². The highest BCUT2D eigenvalue weighted by Crippen LogP contribution is 2.29. The molecule has 2 aromatic carbocycles. The Morgan fingerprint density at radius 2 is 1.65 bits per heavy atom. The lowest BCUT2D eigenvalue weighted by molar-refractivity contribution is -0.138. The van der Waals surface area contributed by atoms with Crippen LogP contribution >= 0.6 is 0 Å². The summed E-state index contributed by atoms with van der Waals surface area (Å²) >= 11 is 0. The van der Waals surface area contributed by atoms with Gasteiger partial charge in [-0.25, -0.2) is 9.59 Å². The van der Waals surface area contributed by atoms with Gasteiger partial charge >= 0.3 is 11.9 Å². The molecule has 8 heteroatoms. The van der Waals surface area contributed by atoms with Crippen molar-refractivity contribution in [2.45, 2.75) is 13.8 Å². The minimum atomic E-state index is -0.717. The van der Waals surface area contributed by atoms with E-state index in [0.29, 0.717) is 23.7 Å². The highest BCUT2D eigenvalue weighted by molar-refractivity contribution is 5.98. The van der Waals surface area contributed by atoms with E-state index in [1.54, 1.807) is 43.3 Å². The first-order valence-electron chi connectivity index (χ1n) is 9.54. The summed E-state index contributed by atoms with van der Waals surface area (Å²) in [6.07, 6.45) is 1.36. The van der Waals surface area contributed by atoms with Crippen LogP contribution in [0.4, 0.5) is 0 Å². The summed E-state index contributed by atoms with van der Waals surface area (Å²) in [6, 6.07) is 13.3. The van der Waals surface area contributed by atoms with Gasteiger partial charge in [0.25, 0.3) is 0 Å². The molecule has 2 rings (SSSR count). The smallest absolute Gasteiger partial charge is 0.349 e. The highest BCUT2D eigenvalue weighted by atomic mass is 16.6. The second-order valence-electron chi connectivity index (χ2n) is 5.97. The Labute approximate surface area is 180 Å². The summed E-state index contributed by atoms with van der Waals surface area (Å²) in [5.41, 5.74) is 0.351. The van der Waals surface area contributed by atoms with E-state index in [-0.39, 0.29) is 30.3 Å². The van der Waals surface area contributed by atoms with E-state index in [2.05, 4.69) is 0 Å².